The number of carbonyl (C=O) groups excluding carboxylic acids is 1. The van der Waals surface area contributed by atoms with Crippen LogP contribution in [-0.2, 0) is 14.6 Å². The van der Waals surface area contributed by atoms with Crippen LogP contribution in [0.2, 0.25) is 0 Å². The minimum Gasteiger partial charge on any atom is -0.314 e. The fraction of sp³-hybridized carbons (Fsp3) is 0.278. The van der Waals surface area contributed by atoms with Gasteiger partial charge in [0.05, 0.1) is 10.6 Å². The first-order valence-corrected chi connectivity index (χ1v) is 9.50. The number of hydrogen-bond donors (Lipinski definition) is 0. The minimum absolute atomic E-state index is 0.0611. The molecule has 126 valence electrons. The number of para-hydroxylation sites is 1. The lowest BCUT2D eigenvalue weighted by molar-refractivity contribution is -0.119. The Bertz CT molecular complexity index is 877. The summed E-state index contributed by atoms with van der Waals surface area (Å²) in [6.45, 7) is 0. The van der Waals surface area contributed by atoms with E-state index in [-0.39, 0.29) is 28.5 Å². The molecule has 24 heavy (non-hydrogen) atoms. The van der Waals surface area contributed by atoms with Gasteiger partial charge in [0.25, 0.3) is 0 Å². The van der Waals surface area contributed by atoms with Crippen molar-refractivity contribution in [3.8, 4) is 0 Å². The number of benzene rings is 2. The minimum atomic E-state index is -3.42. The highest BCUT2D eigenvalue weighted by atomic mass is 32.2. The summed E-state index contributed by atoms with van der Waals surface area (Å²) in [5.41, 5.74) is 1.31. The molecule has 0 unspecified atom stereocenters. The zero-order valence-corrected chi connectivity index (χ0v) is 14.3. The molecule has 0 radical (unpaired) electrons. The average Bonchev–Trinajstić information content (AvgIpc) is 3.34. The van der Waals surface area contributed by atoms with E-state index in [0.717, 1.165) is 11.8 Å². The van der Waals surface area contributed by atoms with Crippen molar-refractivity contribution in [1.82, 2.24) is 0 Å². The Balaban J connectivity index is 1.81. The van der Waals surface area contributed by atoms with Crippen molar-refractivity contribution in [2.45, 2.75) is 17.2 Å². The van der Waals surface area contributed by atoms with Crippen LogP contribution in [0.3, 0.4) is 0 Å². The predicted molar refractivity (Wildman–Crippen MR) is 90.2 cm³/mol. The number of amides is 1. The van der Waals surface area contributed by atoms with Gasteiger partial charge in [-0.3, -0.25) is 4.79 Å². The predicted octanol–water partition coefficient (Wildman–Crippen LogP) is 3.00. The molecule has 2 aromatic rings. The van der Waals surface area contributed by atoms with Gasteiger partial charge in [-0.05, 0) is 42.2 Å². The smallest absolute Gasteiger partial charge is 0.230 e. The SMILES string of the molecule is CN(C(=O)[C@H]1C[C@H]1c1ccc(F)cc1)c1ccccc1S(C)(=O)=O. The highest BCUT2D eigenvalue weighted by molar-refractivity contribution is 7.90. The second-order valence-corrected chi connectivity index (χ2v) is 8.12. The van der Waals surface area contributed by atoms with Crippen molar-refractivity contribution < 1.29 is 17.6 Å². The van der Waals surface area contributed by atoms with E-state index >= 15 is 0 Å². The quantitative estimate of drug-likeness (QED) is 0.854. The Labute approximate surface area is 140 Å². The van der Waals surface area contributed by atoms with Crippen molar-refractivity contribution in [2.75, 3.05) is 18.2 Å². The van der Waals surface area contributed by atoms with E-state index in [1.807, 2.05) is 0 Å². The van der Waals surface area contributed by atoms with Gasteiger partial charge in [0, 0.05) is 19.2 Å². The lowest BCUT2D eigenvalue weighted by atomic mass is 10.1. The van der Waals surface area contributed by atoms with Gasteiger partial charge in [0.1, 0.15) is 5.82 Å². The third-order valence-electron chi connectivity index (χ3n) is 4.36. The lowest BCUT2D eigenvalue weighted by Crippen LogP contribution is -2.29. The molecule has 2 atom stereocenters. The highest BCUT2D eigenvalue weighted by Crippen LogP contribution is 2.48. The first-order chi connectivity index (χ1) is 11.3. The molecule has 6 heteroatoms. The van der Waals surface area contributed by atoms with Crippen LogP contribution in [0.15, 0.2) is 53.4 Å². The van der Waals surface area contributed by atoms with Crippen molar-refractivity contribution in [3.05, 3.63) is 59.9 Å². The van der Waals surface area contributed by atoms with E-state index in [2.05, 4.69) is 0 Å². The van der Waals surface area contributed by atoms with Gasteiger partial charge in [-0.15, -0.1) is 0 Å². The van der Waals surface area contributed by atoms with Gasteiger partial charge in [-0.1, -0.05) is 24.3 Å². The van der Waals surface area contributed by atoms with E-state index < -0.39 is 9.84 Å². The maximum atomic E-state index is 13.0. The molecule has 0 bridgehead atoms. The van der Waals surface area contributed by atoms with Crippen LogP contribution in [0, 0.1) is 11.7 Å². The van der Waals surface area contributed by atoms with Crippen molar-refractivity contribution in [1.29, 1.82) is 0 Å². The molecule has 0 saturated heterocycles. The van der Waals surface area contributed by atoms with Gasteiger partial charge in [-0.2, -0.15) is 0 Å². The second kappa shape index (κ2) is 6.02. The monoisotopic (exact) mass is 347 g/mol. The number of sulfone groups is 1. The molecular formula is C18H18FNO3S. The molecule has 0 spiro atoms. The second-order valence-electron chi connectivity index (χ2n) is 6.14. The fourth-order valence-corrected chi connectivity index (χ4v) is 3.87. The number of carbonyl (C=O) groups is 1. The summed E-state index contributed by atoms with van der Waals surface area (Å²) in [5.74, 6) is -0.569. The summed E-state index contributed by atoms with van der Waals surface area (Å²) >= 11 is 0. The summed E-state index contributed by atoms with van der Waals surface area (Å²) in [6.07, 6.45) is 1.82. The van der Waals surface area contributed by atoms with Crippen LogP contribution in [0.4, 0.5) is 10.1 Å². The van der Waals surface area contributed by atoms with E-state index in [9.17, 15) is 17.6 Å². The van der Waals surface area contributed by atoms with Crippen LogP contribution >= 0.6 is 0 Å². The summed E-state index contributed by atoms with van der Waals surface area (Å²) < 4.78 is 36.8. The Morgan fingerprint density at radius 3 is 2.38 bits per heavy atom. The zero-order chi connectivity index (χ0) is 17.5. The molecule has 3 rings (SSSR count). The summed E-state index contributed by atoms with van der Waals surface area (Å²) in [5, 5.41) is 0. The van der Waals surface area contributed by atoms with Crippen LogP contribution in [-0.4, -0.2) is 27.6 Å². The van der Waals surface area contributed by atoms with Crippen molar-refractivity contribution >= 4 is 21.4 Å². The molecule has 1 saturated carbocycles. The highest BCUT2D eigenvalue weighted by Gasteiger charge is 2.45. The molecule has 4 nitrogen and oxygen atoms in total. The largest absolute Gasteiger partial charge is 0.314 e. The number of anilines is 1. The number of rotatable bonds is 4. The number of nitrogens with zero attached hydrogens (tertiary/aromatic N) is 1. The Kier molecular flexibility index (Phi) is 4.17. The number of halogens is 1. The van der Waals surface area contributed by atoms with E-state index in [1.54, 1.807) is 37.4 Å². The maximum Gasteiger partial charge on any atom is 0.230 e. The third-order valence-corrected chi connectivity index (χ3v) is 5.51. The molecule has 0 aromatic heterocycles. The normalized spacial score (nSPS) is 19.8. The first-order valence-electron chi connectivity index (χ1n) is 7.61. The zero-order valence-electron chi connectivity index (χ0n) is 13.4. The fourth-order valence-electron chi connectivity index (χ4n) is 2.96. The van der Waals surface area contributed by atoms with Crippen molar-refractivity contribution in [2.24, 2.45) is 5.92 Å². The van der Waals surface area contributed by atoms with E-state index in [4.69, 9.17) is 0 Å². The van der Waals surface area contributed by atoms with Gasteiger partial charge in [0.15, 0.2) is 9.84 Å². The standard InChI is InChI=1S/C18H18FNO3S/c1-20(16-5-3-4-6-17(16)24(2,22)23)18(21)15-11-14(15)12-7-9-13(19)10-8-12/h3-10,14-15H,11H2,1-2H3/t14-,15-/m0/s1. The lowest BCUT2D eigenvalue weighted by Gasteiger charge is -2.20. The molecule has 2 aromatic carbocycles. The Morgan fingerprint density at radius 2 is 1.75 bits per heavy atom. The van der Waals surface area contributed by atoms with E-state index in [1.165, 1.54) is 23.1 Å². The molecule has 1 aliphatic rings. The van der Waals surface area contributed by atoms with Crippen LogP contribution in [0.1, 0.15) is 17.9 Å². The van der Waals surface area contributed by atoms with Gasteiger partial charge >= 0.3 is 0 Å². The Morgan fingerprint density at radius 1 is 1.12 bits per heavy atom. The van der Waals surface area contributed by atoms with Crippen LogP contribution < -0.4 is 4.90 Å². The summed E-state index contributed by atoms with van der Waals surface area (Å²) in [6, 6.07) is 12.6. The molecule has 0 aliphatic heterocycles. The summed E-state index contributed by atoms with van der Waals surface area (Å²) in [7, 11) is -1.83. The molecule has 1 fully saturated rings. The molecule has 0 N–H and O–H groups in total. The summed E-state index contributed by atoms with van der Waals surface area (Å²) in [4.78, 5) is 14.2. The topological polar surface area (TPSA) is 54.5 Å². The van der Waals surface area contributed by atoms with Gasteiger partial charge in [0.2, 0.25) is 5.91 Å². The Hall–Kier alpha value is -2.21. The first kappa shape index (κ1) is 16.6. The van der Waals surface area contributed by atoms with Gasteiger partial charge in [-0.25, -0.2) is 12.8 Å². The maximum absolute atomic E-state index is 13.0. The van der Waals surface area contributed by atoms with Crippen LogP contribution in [0.25, 0.3) is 0 Å². The average molecular weight is 347 g/mol. The molecular weight excluding hydrogens is 329 g/mol. The third kappa shape index (κ3) is 3.19. The van der Waals surface area contributed by atoms with Crippen molar-refractivity contribution in [3.63, 3.8) is 0 Å². The number of hydrogen-bond acceptors (Lipinski definition) is 3. The molecule has 1 aliphatic carbocycles. The van der Waals surface area contributed by atoms with Gasteiger partial charge < -0.3 is 4.90 Å². The van der Waals surface area contributed by atoms with E-state index in [0.29, 0.717) is 12.1 Å². The molecule has 0 heterocycles. The van der Waals surface area contributed by atoms with Crippen LogP contribution in [0.5, 0.6) is 0 Å². The molecule has 1 amide bonds.